The van der Waals surface area contributed by atoms with Crippen molar-refractivity contribution in [1.82, 2.24) is 4.57 Å². The standard InChI is InChI=1S/C42H57N2O.BrH/c1-29(2)9-8-10-30(3)37-17-18-38-36-16-15-34-26-35(19-21-41(34,4)39(36)20-22-42(37,38)5)44-24-23-43(28-44)27-40(45)33-14-13-31-11-6-7-12-32(31)25-33;/h6-7,11-15,23-25,28-30,35-39H,8-10,16-22,26-27H2,1-5H3;1H/q+1;/p-1/t30-,35+,36+,37-,38+,39+,41+,42-;/m1./s1. The van der Waals surface area contributed by atoms with E-state index in [1.54, 1.807) is 5.57 Å². The topological polar surface area (TPSA) is 25.9 Å². The van der Waals surface area contributed by atoms with E-state index in [1.807, 2.05) is 24.3 Å². The lowest BCUT2D eigenvalue weighted by atomic mass is 9.47. The van der Waals surface area contributed by atoms with Crippen LogP contribution >= 0.6 is 0 Å². The molecule has 0 bridgehead atoms. The van der Waals surface area contributed by atoms with Crippen molar-refractivity contribution in [3.63, 3.8) is 0 Å². The number of carbonyl (C=O) groups excluding carboxylic acids is 1. The minimum atomic E-state index is 0. The van der Waals surface area contributed by atoms with Crippen molar-refractivity contribution in [2.45, 2.75) is 118 Å². The van der Waals surface area contributed by atoms with Gasteiger partial charge in [0.1, 0.15) is 18.4 Å². The van der Waals surface area contributed by atoms with E-state index in [-0.39, 0.29) is 22.8 Å². The number of Topliss-reactive ketones (excluding diaryl/α,β-unsaturated/α-hetero) is 1. The summed E-state index contributed by atoms with van der Waals surface area (Å²) in [6.45, 7) is 13.1. The lowest BCUT2D eigenvalue weighted by Gasteiger charge is -2.58. The number of halogens is 1. The van der Waals surface area contributed by atoms with Gasteiger partial charge in [-0.15, -0.1) is 0 Å². The number of imidazole rings is 1. The van der Waals surface area contributed by atoms with Gasteiger partial charge in [-0.1, -0.05) is 102 Å². The molecule has 8 atom stereocenters. The van der Waals surface area contributed by atoms with E-state index in [2.05, 4.69) is 86.7 Å². The fourth-order valence-corrected chi connectivity index (χ4v) is 11.3. The molecule has 3 aromatic rings. The van der Waals surface area contributed by atoms with Gasteiger partial charge in [-0.05, 0) is 108 Å². The van der Waals surface area contributed by atoms with Crippen molar-refractivity contribution < 1.29 is 26.3 Å². The molecular formula is C42H57BrN2O. The first-order valence-corrected chi connectivity index (χ1v) is 18.4. The predicted molar refractivity (Wildman–Crippen MR) is 185 cm³/mol. The first-order valence-electron chi connectivity index (χ1n) is 18.4. The van der Waals surface area contributed by atoms with Crippen molar-refractivity contribution in [3.8, 4) is 0 Å². The summed E-state index contributed by atoms with van der Waals surface area (Å²) in [5.41, 5.74) is 3.46. The molecule has 0 aliphatic heterocycles. The Morgan fingerprint density at radius 3 is 2.57 bits per heavy atom. The van der Waals surface area contributed by atoms with Crippen molar-refractivity contribution in [2.75, 3.05) is 0 Å². The Morgan fingerprint density at radius 2 is 1.76 bits per heavy atom. The lowest BCUT2D eigenvalue weighted by Crippen LogP contribution is -3.00. The van der Waals surface area contributed by atoms with Crippen LogP contribution in [0.5, 0.6) is 0 Å². The van der Waals surface area contributed by atoms with Crippen LogP contribution < -0.4 is 21.5 Å². The normalized spacial score (nSPS) is 32.7. The third-order valence-electron chi connectivity index (χ3n) is 13.8. The van der Waals surface area contributed by atoms with Gasteiger partial charge < -0.3 is 17.0 Å². The number of nitrogens with zero attached hydrogens (tertiary/aromatic N) is 2. The van der Waals surface area contributed by atoms with Crippen molar-refractivity contribution >= 4 is 16.6 Å². The van der Waals surface area contributed by atoms with Crippen molar-refractivity contribution in [2.24, 2.45) is 46.3 Å². The van der Waals surface area contributed by atoms with Crippen LogP contribution in [0.25, 0.3) is 10.8 Å². The summed E-state index contributed by atoms with van der Waals surface area (Å²) in [7, 11) is 0. The van der Waals surface area contributed by atoms with Gasteiger partial charge >= 0.3 is 0 Å². The Labute approximate surface area is 289 Å². The minimum absolute atomic E-state index is 0. The molecule has 7 rings (SSSR count). The summed E-state index contributed by atoms with van der Waals surface area (Å²) in [4.78, 5) is 13.2. The number of carbonyl (C=O) groups is 1. The molecule has 0 N–H and O–H groups in total. The number of ketones is 1. The molecule has 3 nitrogen and oxygen atoms in total. The van der Waals surface area contributed by atoms with Crippen LogP contribution in [0, 0.1) is 46.3 Å². The van der Waals surface area contributed by atoms with E-state index < -0.39 is 0 Å². The maximum atomic E-state index is 13.2. The molecule has 0 amide bonds. The second kappa shape index (κ2) is 13.4. The first kappa shape index (κ1) is 33.7. The fraction of sp³-hybridized carbons (Fsp3) is 0.619. The highest BCUT2D eigenvalue weighted by Gasteiger charge is 2.59. The average Bonchev–Trinajstić information content (AvgIpc) is 3.64. The number of rotatable bonds is 9. The highest BCUT2D eigenvalue weighted by atomic mass is 79.9. The molecule has 46 heavy (non-hydrogen) atoms. The Bertz CT molecular complexity index is 1570. The SMILES string of the molecule is CC(C)CCC[C@@H](C)[C@H]1CC[C@H]2[C@@H]3CC=C4C[C@@H](n5cc[n+](CC(=O)c6ccc7ccccc7c6)c5)CC[C@]4(C)[C@H]3CC[C@]12C.[Br-]. The van der Waals surface area contributed by atoms with E-state index >= 15 is 0 Å². The summed E-state index contributed by atoms with van der Waals surface area (Å²) in [5.74, 6) is 5.48. The second-order valence-corrected chi connectivity index (χ2v) is 16.7. The molecule has 4 aliphatic carbocycles. The molecule has 0 spiro atoms. The molecule has 3 saturated carbocycles. The number of hydrogen-bond donors (Lipinski definition) is 0. The van der Waals surface area contributed by atoms with Crippen LogP contribution in [-0.4, -0.2) is 10.4 Å². The zero-order valence-corrected chi connectivity index (χ0v) is 30.6. The molecule has 248 valence electrons. The second-order valence-electron chi connectivity index (χ2n) is 16.7. The van der Waals surface area contributed by atoms with Gasteiger partial charge in [-0.3, -0.25) is 4.79 Å². The van der Waals surface area contributed by atoms with Gasteiger partial charge in [-0.2, -0.15) is 0 Å². The van der Waals surface area contributed by atoms with Gasteiger partial charge in [0.05, 0.1) is 0 Å². The molecule has 4 heteroatoms. The van der Waals surface area contributed by atoms with E-state index in [0.717, 1.165) is 46.5 Å². The predicted octanol–water partition coefficient (Wildman–Crippen LogP) is 7.40. The quantitative estimate of drug-likeness (QED) is 0.131. The number of fused-ring (bicyclic) bond motifs is 6. The van der Waals surface area contributed by atoms with Gasteiger partial charge in [0.15, 0.2) is 6.54 Å². The Kier molecular flexibility index (Phi) is 9.79. The highest BCUT2D eigenvalue weighted by molar-refractivity contribution is 5.99. The third-order valence-corrected chi connectivity index (χ3v) is 13.8. The zero-order valence-electron chi connectivity index (χ0n) is 29.1. The maximum Gasteiger partial charge on any atom is 0.244 e. The van der Waals surface area contributed by atoms with Crippen molar-refractivity contribution in [3.05, 3.63) is 78.4 Å². The summed E-state index contributed by atoms with van der Waals surface area (Å²) in [6.07, 6.45) is 24.3. The molecule has 0 radical (unpaired) electrons. The summed E-state index contributed by atoms with van der Waals surface area (Å²) < 4.78 is 4.49. The number of benzene rings is 2. The summed E-state index contributed by atoms with van der Waals surface area (Å²) >= 11 is 0. The van der Waals surface area contributed by atoms with Crippen LogP contribution in [0.3, 0.4) is 0 Å². The Morgan fingerprint density at radius 1 is 0.957 bits per heavy atom. The number of hydrogen-bond acceptors (Lipinski definition) is 1. The molecular weight excluding hydrogens is 628 g/mol. The minimum Gasteiger partial charge on any atom is -1.00 e. The fourth-order valence-electron chi connectivity index (χ4n) is 11.3. The van der Waals surface area contributed by atoms with Crippen LogP contribution in [-0.2, 0) is 6.54 Å². The Hall–Kier alpha value is -2.20. The van der Waals surface area contributed by atoms with E-state index in [1.165, 1.54) is 76.0 Å². The number of allylic oxidation sites excluding steroid dienone is 2. The molecule has 2 aromatic carbocycles. The smallest absolute Gasteiger partial charge is 0.244 e. The van der Waals surface area contributed by atoms with Crippen LogP contribution in [0.15, 0.2) is 72.8 Å². The van der Waals surface area contributed by atoms with Crippen LogP contribution in [0.4, 0.5) is 0 Å². The van der Waals surface area contributed by atoms with Gasteiger partial charge in [0.2, 0.25) is 12.1 Å². The lowest BCUT2D eigenvalue weighted by molar-refractivity contribution is -0.682. The molecule has 3 fully saturated rings. The van der Waals surface area contributed by atoms with Gasteiger partial charge in [0, 0.05) is 12.0 Å². The maximum absolute atomic E-state index is 13.2. The van der Waals surface area contributed by atoms with Crippen LogP contribution in [0.2, 0.25) is 0 Å². The van der Waals surface area contributed by atoms with Crippen LogP contribution in [0.1, 0.15) is 122 Å². The molecule has 1 aromatic heterocycles. The number of aromatic nitrogens is 2. The Balaban J connectivity index is 0.00000372. The van der Waals surface area contributed by atoms with E-state index in [0.29, 0.717) is 23.4 Å². The van der Waals surface area contributed by atoms with Gasteiger partial charge in [-0.25, -0.2) is 9.13 Å². The van der Waals surface area contributed by atoms with E-state index in [9.17, 15) is 4.79 Å². The summed E-state index contributed by atoms with van der Waals surface area (Å²) in [5, 5.41) is 2.30. The third kappa shape index (κ3) is 6.10. The largest absolute Gasteiger partial charge is 1.00 e. The van der Waals surface area contributed by atoms with Crippen molar-refractivity contribution in [1.29, 1.82) is 0 Å². The average molecular weight is 686 g/mol. The highest BCUT2D eigenvalue weighted by Crippen LogP contribution is 2.67. The molecule has 1 heterocycles. The summed E-state index contributed by atoms with van der Waals surface area (Å²) in [6, 6.07) is 14.8. The first-order chi connectivity index (χ1) is 21.7. The zero-order chi connectivity index (χ0) is 31.3. The monoisotopic (exact) mass is 684 g/mol. The van der Waals surface area contributed by atoms with Gasteiger partial charge in [0.25, 0.3) is 0 Å². The molecule has 0 saturated heterocycles. The molecule has 0 unspecified atom stereocenters. The molecule has 4 aliphatic rings. The van der Waals surface area contributed by atoms with E-state index in [4.69, 9.17) is 0 Å².